The van der Waals surface area contributed by atoms with Gasteiger partial charge in [-0.1, -0.05) is 42.0 Å². The van der Waals surface area contributed by atoms with Crippen molar-refractivity contribution in [1.29, 1.82) is 0 Å². The monoisotopic (exact) mass is 389 g/mol. The van der Waals surface area contributed by atoms with Crippen LogP contribution < -0.4 is 10.1 Å². The average Bonchev–Trinajstić information content (AvgIpc) is 3.00. The summed E-state index contributed by atoms with van der Waals surface area (Å²) in [6, 6.07) is 16.6. The Morgan fingerprint density at radius 2 is 1.71 bits per heavy atom. The fourth-order valence-corrected chi connectivity index (χ4v) is 4.27. The minimum atomic E-state index is 0.0971. The summed E-state index contributed by atoms with van der Waals surface area (Å²) in [6.45, 7) is 8.29. The zero-order valence-electron chi connectivity index (χ0n) is 16.5. The third-order valence-corrected chi connectivity index (χ3v) is 5.52. The molecule has 5 heteroatoms. The topological polar surface area (TPSA) is 47.0 Å². The van der Waals surface area contributed by atoms with Crippen molar-refractivity contribution in [2.75, 3.05) is 5.32 Å². The second-order valence-corrected chi connectivity index (χ2v) is 8.29. The number of anilines is 2. The number of para-hydroxylation sites is 2. The molecule has 0 aliphatic carbocycles. The van der Waals surface area contributed by atoms with Gasteiger partial charge >= 0.3 is 0 Å². The van der Waals surface area contributed by atoms with Crippen LogP contribution in [0.5, 0.6) is 5.75 Å². The van der Waals surface area contributed by atoms with E-state index >= 15 is 0 Å². The highest BCUT2D eigenvalue weighted by molar-refractivity contribution is 7.19. The van der Waals surface area contributed by atoms with E-state index in [-0.39, 0.29) is 6.10 Å². The smallest absolute Gasteiger partial charge is 0.143 e. The Morgan fingerprint density at radius 3 is 2.46 bits per heavy atom. The fourth-order valence-electron chi connectivity index (χ4n) is 3.26. The molecule has 0 bridgehead atoms. The highest BCUT2D eigenvalue weighted by Gasteiger charge is 2.17. The van der Waals surface area contributed by atoms with E-state index in [1.165, 1.54) is 21.6 Å². The molecule has 0 unspecified atom stereocenters. The van der Waals surface area contributed by atoms with Gasteiger partial charge in [-0.05, 0) is 45.4 Å². The maximum absolute atomic E-state index is 5.96. The van der Waals surface area contributed by atoms with E-state index in [9.17, 15) is 0 Å². The third kappa shape index (κ3) is 3.58. The van der Waals surface area contributed by atoms with E-state index in [2.05, 4.69) is 53.4 Å². The van der Waals surface area contributed by atoms with Crippen molar-refractivity contribution < 1.29 is 4.74 Å². The number of benzene rings is 2. The first-order chi connectivity index (χ1) is 13.5. The Labute approximate surface area is 169 Å². The first-order valence-electron chi connectivity index (χ1n) is 9.37. The number of thiophene rings is 1. The highest BCUT2D eigenvalue weighted by Crippen LogP contribution is 2.41. The van der Waals surface area contributed by atoms with Crippen molar-refractivity contribution in [3.63, 3.8) is 0 Å². The lowest BCUT2D eigenvalue weighted by atomic mass is 10.0. The number of rotatable bonds is 5. The van der Waals surface area contributed by atoms with Crippen LogP contribution in [0, 0.1) is 13.8 Å². The minimum absolute atomic E-state index is 0.0971. The maximum atomic E-state index is 5.96. The number of nitrogens with zero attached hydrogens (tertiary/aromatic N) is 2. The summed E-state index contributed by atoms with van der Waals surface area (Å²) in [7, 11) is 0. The lowest BCUT2D eigenvalue weighted by Gasteiger charge is -2.15. The Kier molecular flexibility index (Phi) is 5.01. The second kappa shape index (κ2) is 7.60. The summed E-state index contributed by atoms with van der Waals surface area (Å²) in [6.07, 6.45) is 1.71. The van der Waals surface area contributed by atoms with E-state index in [1.54, 1.807) is 17.7 Å². The minimum Gasteiger partial charge on any atom is -0.489 e. The molecule has 1 N–H and O–H groups in total. The Morgan fingerprint density at radius 1 is 0.964 bits per heavy atom. The molecule has 2 heterocycles. The molecule has 0 atom stereocenters. The summed E-state index contributed by atoms with van der Waals surface area (Å²) in [5.41, 5.74) is 4.51. The van der Waals surface area contributed by atoms with Gasteiger partial charge in [0.1, 0.15) is 22.7 Å². The number of aryl methyl sites for hydroxylation is 2. The van der Waals surface area contributed by atoms with Gasteiger partial charge in [-0.15, -0.1) is 11.3 Å². The molecule has 4 aromatic rings. The van der Waals surface area contributed by atoms with Crippen LogP contribution in [-0.4, -0.2) is 16.1 Å². The van der Waals surface area contributed by atoms with E-state index in [0.29, 0.717) is 0 Å². The molecule has 2 aromatic carbocycles. The number of fused-ring (bicyclic) bond motifs is 1. The zero-order valence-corrected chi connectivity index (χ0v) is 17.3. The van der Waals surface area contributed by atoms with E-state index < -0.39 is 0 Å². The summed E-state index contributed by atoms with van der Waals surface area (Å²) < 4.78 is 5.96. The highest BCUT2D eigenvalue weighted by atomic mass is 32.1. The molecule has 0 saturated heterocycles. The molecule has 2 aromatic heterocycles. The second-order valence-electron chi connectivity index (χ2n) is 7.09. The van der Waals surface area contributed by atoms with Gasteiger partial charge < -0.3 is 10.1 Å². The quantitative estimate of drug-likeness (QED) is 0.423. The van der Waals surface area contributed by atoms with Crippen molar-refractivity contribution in [2.45, 2.75) is 33.8 Å². The van der Waals surface area contributed by atoms with Crippen molar-refractivity contribution in [2.24, 2.45) is 0 Å². The Hall–Kier alpha value is -2.92. The predicted molar refractivity (Wildman–Crippen MR) is 118 cm³/mol. The summed E-state index contributed by atoms with van der Waals surface area (Å²) in [5.74, 6) is 1.61. The van der Waals surface area contributed by atoms with Crippen molar-refractivity contribution in [3.05, 3.63) is 65.3 Å². The van der Waals surface area contributed by atoms with Crippen molar-refractivity contribution in [1.82, 2.24) is 9.97 Å². The van der Waals surface area contributed by atoms with Crippen LogP contribution in [0.2, 0.25) is 0 Å². The van der Waals surface area contributed by atoms with E-state index in [4.69, 9.17) is 4.74 Å². The zero-order chi connectivity index (χ0) is 19.7. The molecule has 0 aliphatic heterocycles. The van der Waals surface area contributed by atoms with Crippen LogP contribution in [-0.2, 0) is 0 Å². The first kappa shape index (κ1) is 18.4. The number of ether oxygens (including phenoxy) is 1. The van der Waals surface area contributed by atoms with Crippen LogP contribution in [0.1, 0.15) is 24.3 Å². The molecule has 0 amide bonds. The Bertz CT molecular complexity index is 1120. The molecule has 0 spiro atoms. The molecule has 0 radical (unpaired) electrons. The molecular weight excluding hydrogens is 366 g/mol. The molecule has 4 nitrogen and oxygen atoms in total. The van der Waals surface area contributed by atoms with Crippen LogP contribution in [0.3, 0.4) is 0 Å². The molecular formula is C23H23N3OS. The first-order valence-corrected chi connectivity index (χ1v) is 10.2. The fraction of sp³-hybridized carbons (Fsp3) is 0.217. The van der Waals surface area contributed by atoms with Gasteiger partial charge in [0.15, 0.2) is 0 Å². The van der Waals surface area contributed by atoms with Crippen LogP contribution >= 0.6 is 11.3 Å². The summed E-state index contributed by atoms with van der Waals surface area (Å²) >= 11 is 1.70. The average molecular weight is 390 g/mol. The molecule has 4 rings (SSSR count). The normalized spacial score (nSPS) is 11.2. The molecule has 0 aliphatic rings. The van der Waals surface area contributed by atoms with Gasteiger partial charge in [-0.2, -0.15) is 0 Å². The number of hydrogen-bond acceptors (Lipinski definition) is 5. The lowest BCUT2D eigenvalue weighted by Crippen LogP contribution is -2.07. The van der Waals surface area contributed by atoms with Crippen molar-refractivity contribution in [3.8, 4) is 16.9 Å². The van der Waals surface area contributed by atoms with E-state index in [0.717, 1.165) is 27.5 Å². The third-order valence-electron chi connectivity index (χ3n) is 4.51. The lowest BCUT2D eigenvalue weighted by molar-refractivity contribution is 0.244. The van der Waals surface area contributed by atoms with Gasteiger partial charge in [-0.3, -0.25) is 0 Å². The van der Waals surface area contributed by atoms with Crippen LogP contribution in [0.4, 0.5) is 11.5 Å². The van der Waals surface area contributed by atoms with Crippen molar-refractivity contribution >= 4 is 33.1 Å². The SMILES string of the molecule is Cc1ccc(-c2c(C)sc3ncnc(Nc4ccccc4OC(C)C)c23)cc1. The van der Waals surface area contributed by atoms with Gasteiger partial charge in [0.2, 0.25) is 0 Å². The van der Waals surface area contributed by atoms with Gasteiger partial charge in [0, 0.05) is 10.4 Å². The summed E-state index contributed by atoms with van der Waals surface area (Å²) in [4.78, 5) is 11.3. The maximum Gasteiger partial charge on any atom is 0.143 e. The molecule has 142 valence electrons. The number of nitrogens with one attached hydrogen (secondary N) is 1. The summed E-state index contributed by atoms with van der Waals surface area (Å²) in [5, 5.41) is 4.54. The molecule has 0 fully saturated rings. The number of hydrogen-bond donors (Lipinski definition) is 1. The van der Waals surface area contributed by atoms with Crippen LogP contribution in [0.25, 0.3) is 21.3 Å². The van der Waals surface area contributed by atoms with Gasteiger partial charge in [0.25, 0.3) is 0 Å². The molecule has 28 heavy (non-hydrogen) atoms. The van der Waals surface area contributed by atoms with Gasteiger partial charge in [-0.25, -0.2) is 9.97 Å². The van der Waals surface area contributed by atoms with Crippen LogP contribution in [0.15, 0.2) is 54.9 Å². The largest absolute Gasteiger partial charge is 0.489 e. The van der Waals surface area contributed by atoms with Gasteiger partial charge in [0.05, 0.1) is 17.2 Å². The number of aromatic nitrogens is 2. The standard InChI is InChI=1S/C23H23N3OS/c1-14(2)27-19-8-6-5-7-18(19)26-22-21-20(17-11-9-15(3)10-12-17)16(4)28-23(21)25-13-24-22/h5-14H,1-4H3,(H,24,25,26). The van der Waals surface area contributed by atoms with E-state index in [1.807, 2.05) is 38.1 Å². The predicted octanol–water partition coefficient (Wildman–Crippen LogP) is 6.51. The Balaban J connectivity index is 1.84. The molecule has 0 saturated carbocycles.